The number of aliphatic hydroxyl groups excluding tert-OH is 1. The summed E-state index contributed by atoms with van der Waals surface area (Å²) in [6, 6.07) is 1.02. The average molecular weight is 455 g/mol. The summed E-state index contributed by atoms with van der Waals surface area (Å²) in [4.78, 5) is 50.6. The van der Waals surface area contributed by atoms with Gasteiger partial charge in [-0.3, -0.25) is 24.1 Å². The van der Waals surface area contributed by atoms with Crippen molar-refractivity contribution in [1.29, 1.82) is 0 Å². The highest BCUT2D eigenvalue weighted by atomic mass is 32.1. The zero-order valence-electron chi connectivity index (χ0n) is 17.3. The van der Waals surface area contributed by atoms with Crippen molar-refractivity contribution in [3.63, 3.8) is 0 Å². The lowest BCUT2D eigenvalue weighted by atomic mass is 10.0. The highest BCUT2D eigenvalue weighted by molar-refractivity contribution is 7.16. The summed E-state index contributed by atoms with van der Waals surface area (Å²) in [5.74, 6) is -0.640. The predicted octanol–water partition coefficient (Wildman–Crippen LogP) is -1.40. The number of carbonyl (C=O) groups excluding carboxylic acids is 2. The molecule has 0 saturated carbocycles. The monoisotopic (exact) mass is 454 g/mol. The van der Waals surface area contributed by atoms with Gasteiger partial charge >= 0.3 is 0 Å². The molecule has 3 rings (SSSR count). The molecule has 1 aliphatic rings. The summed E-state index contributed by atoms with van der Waals surface area (Å²) in [7, 11) is 0. The second-order valence-corrected chi connectivity index (χ2v) is 7.95. The molecule has 0 bridgehead atoms. The van der Waals surface area contributed by atoms with E-state index in [0.717, 1.165) is 11.4 Å². The molecular formula is C18H26N6O6S. The molecular weight excluding hydrogens is 428 g/mol. The zero-order chi connectivity index (χ0) is 23.0. The van der Waals surface area contributed by atoms with Crippen LogP contribution in [0.2, 0.25) is 0 Å². The quantitative estimate of drug-likeness (QED) is 0.384. The summed E-state index contributed by atoms with van der Waals surface area (Å²) >= 11 is 1.40. The second kappa shape index (κ2) is 11.5. The van der Waals surface area contributed by atoms with Crippen molar-refractivity contribution in [2.45, 2.75) is 45.4 Å². The van der Waals surface area contributed by atoms with Gasteiger partial charge in [-0.15, -0.1) is 0 Å². The van der Waals surface area contributed by atoms with Crippen molar-refractivity contribution in [2.24, 2.45) is 0 Å². The third-order valence-corrected chi connectivity index (χ3v) is 5.59. The Morgan fingerprint density at radius 3 is 2.77 bits per heavy atom. The van der Waals surface area contributed by atoms with Crippen molar-refractivity contribution in [3.8, 4) is 0 Å². The van der Waals surface area contributed by atoms with Crippen LogP contribution in [0.5, 0.6) is 0 Å². The third kappa shape index (κ3) is 7.08. The van der Waals surface area contributed by atoms with Gasteiger partial charge in [0.25, 0.3) is 12.0 Å². The number of fused-ring (bicyclic) bond motifs is 1. The summed E-state index contributed by atoms with van der Waals surface area (Å²) in [5.41, 5.74) is 0.421. The van der Waals surface area contributed by atoms with Crippen LogP contribution in [-0.4, -0.2) is 79.8 Å². The van der Waals surface area contributed by atoms with Gasteiger partial charge in [0.15, 0.2) is 0 Å². The molecule has 0 radical (unpaired) electrons. The lowest BCUT2D eigenvalue weighted by Gasteiger charge is -2.36. The Balaban J connectivity index is 0.00000107. The Kier molecular flexibility index (Phi) is 9.03. The Labute approximate surface area is 181 Å². The molecule has 0 unspecified atom stereocenters. The third-order valence-electron chi connectivity index (χ3n) is 4.53. The maximum absolute atomic E-state index is 12.3. The first-order valence-electron chi connectivity index (χ1n) is 9.68. The molecule has 1 saturated heterocycles. The molecule has 2 atom stereocenters. The van der Waals surface area contributed by atoms with Crippen LogP contribution in [0, 0.1) is 0 Å². The first-order chi connectivity index (χ1) is 14.8. The van der Waals surface area contributed by atoms with E-state index in [1.165, 1.54) is 28.8 Å². The van der Waals surface area contributed by atoms with E-state index in [-0.39, 0.29) is 30.4 Å². The topological polar surface area (TPSA) is 166 Å². The van der Waals surface area contributed by atoms with Crippen molar-refractivity contribution in [3.05, 3.63) is 27.1 Å². The highest BCUT2D eigenvalue weighted by Gasteiger charge is 2.29. The van der Waals surface area contributed by atoms with Crippen molar-refractivity contribution >= 4 is 34.6 Å². The number of likely N-dealkylation sites (tertiary alicyclic amines) is 1. The van der Waals surface area contributed by atoms with E-state index in [1.807, 2.05) is 11.8 Å². The summed E-state index contributed by atoms with van der Waals surface area (Å²) in [5, 5.41) is 27.4. The molecule has 31 heavy (non-hydrogen) atoms. The second-order valence-electron chi connectivity index (χ2n) is 6.91. The molecule has 0 spiro atoms. The van der Waals surface area contributed by atoms with Crippen LogP contribution in [0.25, 0.3) is 4.96 Å². The summed E-state index contributed by atoms with van der Waals surface area (Å²) in [6.07, 6.45) is 0.576. The standard InChI is InChI=1S/C17H24N6O4S.CH2O2/c1-3-15-21-23-16(27)6-11(19-17(23)28-15)8-22-5-4-13(25)12(9-22)20-14(26)7-18-10(2)24;2-1-3/h6,12-13,25H,3-5,7-9H2,1-2H3,(H,18,24)(H,20,26);1H,(H,2,3)/t12-,13+;/m1./s1. The molecule has 2 aromatic heterocycles. The number of amides is 2. The smallest absolute Gasteiger partial charge is 0.290 e. The Hall–Kier alpha value is -2.90. The SMILES string of the molecule is CCc1nn2c(=O)cc(CN3CC[C@H](O)[C@H](NC(=O)CNC(C)=O)C3)nc2s1.O=CO. The molecule has 13 heteroatoms. The fourth-order valence-corrected chi connectivity index (χ4v) is 3.96. The minimum atomic E-state index is -0.660. The minimum Gasteiger partial charge on any atom is -0.483 e. The summed E-state index contributed by atoms with van der Waals surface area (Å²) < 4.78 is 1.32. The van der Waals surface area contributed by atoms with Crippen molar-refractivity contribution in [1.82, 2.24) is 30.1 Å². The highest BCUT2D eigenvalue weighted by Crippen LogP contribution is 2.16. The number of carbonyl (C=O) groups is 3. The maximum Gasteiger partial charge on any atom is 0.290 e. The molecule has 12 nitrogen and oxygen atoms in total. The number of piperidine rings is 1. The molecule has 2 aromatic rings. The number of carboxylic acid groups (broad SMARTS) is 1. The van der Waals surface area contributed by atoms with Gasteiger partial charge in [-0.25, -0.2) is 4.98 Å². The van der Waals surface area contributed by atoms with Crippen molar-refractivity contribution in [2.75, 3.05) is 19.6 Å². The average Bonchev–Trinajstić information content (AvgIpc) is 3.13. The van der Waals surface area contributed by atoms with E-state index < -0.39 is 12.1 Å². The number of nitrogens with one attached hydrogen (secondary N) is 2. The maximum atomic E-state index is 12.3. The van der Waals surface area contributed by atoms with E-state index in [1.54, 1.807) is 0 Å². The molecule has 3 heterocycles. The normalized spacial score (nSPS) is 18.7. The van der Waals surface area contributed by atoms with Gasteiger partial charge in [0.1, 0.15) is 5.01 Å². The minimum absolute atomic E-state index is 0.126. The van der Waals surface area contributed by atoms with Crippen LogP contribution in [0.4, 0.5) is 0 Å². The van der Waals surface area contributed by atoms with Crippen molar-refractivity contribution < 1.29 is 24.6 Å². The lowest BCUT2D eigenvalue weighted by Crippen LogP contribution is -2.56. The molecule has 0 aliphatic carbocycles. The zero-order valence-corrected chi connectivity index (χ0v) is 18.1. The molecule has 1 aliphatic heterocycles. The van der Waals surface area contributed by atoms with Crippen LogP contribution >= 0.6 is 11.3 Å². The van der Waals surface area contributed by atoms with E-state index in [9.17, 15) is 19.5 Å². The largest absolute Gasteiger partial charge is 0.483 e. The fourth-order valence-electron chi connectivity index (χ4n) is 3.10. The first-order valence-corrected chi connectivity index (χ1v) is 10.5. The first kappa shape index (κ1) is 24.4. The molecule has 1 fully saturated rings. The van der Waals surface area contributed by atoms with Gasteiger partial charge in [-0.2, -0.15) is 9.61 Å². The van der Waals surface area contributed by atoms with Gasteiger partial charge in [0, 0.05) is 32.6 Å². The van der Waals surface area contributed by atoms with Gasteiger partial charge in [0.05, 0.1) is 24.4 Å². The number of aryl methyl sites for hydroxylation is 1. The number of rotatable bonds is 6. The van der Waals surface area contributed by atoms with E-state index in [0.29, 0.717) is 36.7 Å². The summed E-state index contributed by atoms with van der Waals surface area (Å²) in [6.45, 7) is 4.43. The van der Waals surface area contributed by atoms with Crippen LogP contribution in [-0.2, 0) is 27.3 Å². The fraction of sp³-hybridized carbons (Fsp3) is 0.556. The number of aromatic nitrogens is 3. The molecule has 0 aromatic carbocycles. The number of aliphatic hydroxyl groups is 1. The van der Waals surface area contributed by atoms with E-state index in [4.69, 9.17) is 9.90 Å². The van der Waals surface area contributed by atoms with E-state index in [2.05, 4.69) is 20.7 Å². The van der Waals surface area contributed by atoms with Gasteiger partial charge in [0.2, 0.25) is 16.8 Å². The predicted molar refractivity (Wildman–Crippen MR) is 112 cm³/mol. The number of hydrogen-bond donors (Lipinski definition) is 4. The van der Waals surface area contributed by atoms with E-state index >= 15 is 0 Å². The Bertz CT molecular complexity index is 976. The Morgan fingerprint density at radius 2 is 2.13 bits per heavy atom. The molecule has 2 amide bonds. The van der Waals surface area contributed by atoms with Crippen LogP contribution in [0.15, 0.2) is 10.9 Å². The van der Waals surface area contributed by atoms with Gasteiger partial charge in [-0.1, -0.05) is 18.3 Å². The Morgan fingerprint density at radius 1 is 1.42 bits per heavy atom. The molecule has 170 valence electrons. The lowest BCUT2D eigenvalue weighted by molar-refractivity contribution is -0.126. The van der Waals surface area contributed by atoms with Crippen LogP contribution in [0.3, 0.4) is 0 Å². The van der Waals surface area contributed by atoms with Gasteiger partial charge < -0.3 is 20.8 Å². The molecule has 4 N–H and O–H groups in total. The van der Waals surface area contributed by atoms with Gasteiger partial charge in [-0.05, 0) is 12.8 Å². The van der Waals surface area contributed by atoms with Crippen LogP contribution in [0.1, 0.15) is 31.0 Å². The number of nitrogens with zero attached hydrogens (tertiary/aromatic N) is 4. The van der Waals surface area contributed by atoms with Crippen LogP contribution < -0.4 is 16.2 Å². The number of hydrogen-bond acceptors (Lipinski definition) is 9.